The van der Waals surface area contributed by atoms with E-state index in [0.29, 0.717) is 23.9 Å². The van der Waals surface area contributed by atoms with Crippen LogP contribution in [0.4, 0.5) is 0 Å². The molecule has 2 atom stereocenters. The Labute approximate surface area is 447 Å². The van der Waals surface area contributed by atoms with Crippen LogP contribution >= 0.6 is 0 Å². The number of unbranched alkanes of at least 4 members (excludes halogenated alkanes) is 19. The molecule has 0 radical (unpaired) electrons. The zero-order chi connectivity index (χ0) is 53.4. The Morgan fingerprint density at radius 3 is 1.15 bits per heavy atom. The first kappa shape index (κ1) is 69.0. The first-order chi connectivity index (χ1) is 35.6. The van der Waals surface area contributed by atoms with Crippen molar-refractivity contribution in [3.05, 3.63) is 109 Å². The lowest BCUT2D eigenvalue weighted by Gasteiger charge is -2.25. The van der Waals surface area contributed by atoms with E-state index in [1.54, 1.807) is 0 Å². The fraction of sp³-hybridized carbons (Fsp3) is 0.672. The van der Waals surface area contributed by atoms with Crippen LogP contribution in [-0.4, -0.2) is 87.4 Å². The number of hydrogen-bond donors (Lipinski definition) is 1. The van der Waals surface area contributed by atoms with E-state index in [1.165, 1.54) is 103 Å². The first-order valence-electron chi connectivity index (χ1n) is 29.1. The number of carbonyl (C=O) groups is 3. The van der Waals surface area contributed by atoms with Gasteiger partial charge in [-0.25, -0.2) is 4.79 Å². The summed E-state index contributed by atoms with van der Waals surface area (Å²) >= 11 is 0. The fourth-order valence-corrected chi connectivity index (χ4v) is 7.60. The van der Waals surface area contributed by atoms with Crippen molar-refractivity contribution < 1.29 is 42.9 Å². The standard InChI is InChI=1S/C64H107NO8/c1-6-8-10-12-14-16-18-20-22-24-26-27-28-29-30-31-32-33-34-35-37-39-41-43-45-47-49-51-53-55-62(67)73-60(59-72-64(63(68)69)70-57-56-65(3,4)5)58-71-61(66)54-52-50-48-46-44-42-40-38-36-25-23-21-19-17-15-13-11-9-7-2/h8,10,14,16,20,22,26-27,29-30,32-33,35,37,41,43,47,49,60,64H,6-7,9,11-13,15,17-19,21,23-25,28,31,34,36,38-40,42,44-46,48,50-59H2,1-5H3/p+1/b10-8-,16-14-,22-20-,27-26-,30-29-,33-32-,37-35-,43-41-,49-47-. The number of carboxylic acids is 1. The van der Waals surface area contributed by atoms with E-state index < -0.39 is 24.3 Å². The van der Waals surface area contributed by atoms with Gasteiger partial charge in [-0.1, -0.05) is 239 Å². The zero-order valence-electron chi connectivity index (χ0n) is 47.3. The molecular weight excluding hydrogens is 911 g/mol. The van der Waals surface area contributed by atoms with E-state index in [2.05, 4.69) is 123 Å². The maximum atomic E-state index is 12.8. The molecule has 73 heavy (non-hydrogen) atoms. The van der Waals surface area contributed by atoms with Gasteiger partial charge in [0.15, 0.2) is 6.10 Å². The molecule has 0 fully saturated rings. The molecule has 0 aromatic rings. The number of ether oxygens (including phenoxy) is 4. The quantitative estimate of drug-likeness (QED) is 0.0211. The molecule has 0 aromatic heterocycles. The van der Waals surface area contributed by atoms with E-state index in [9.17, 15) is 19.5 Å². The molecule has 0 saturated carbocycles. The van der Waals surface area contributed by atoms with E-state index in [-0.39, 0.29) is 38.6 Å². The zero-order valence-corrected chi connectivity index (χ0v) is 47.3. The van der Waals surface area contributed by atoms with E-state index in [0.717, 1.165) is 77.0 Å². The van der Waals surface area contributed by atoms with Gasteiger partial charge in [0.2, 0.25) is 0 Å². The highest BCUT2D eigenvalue weighted by atomic mass is 16.7. The van der Waals surface area contributed by atoms with Crippen molar-refractivity contribution in [3.8, 4) is 0 Å². The number of likely N-dealkylation sites (N-methyl/N-ethyl adjacent to an activating group) is 1. The van der Waals surface area contributed by atoms with Gasteiger partial charge < -0.3 is 28.5 Å². The van der Waals surface area contributed by atoms with E-state index in [4.69, 9.17) is 18.9 Å². The van der Waals surface area contributed by atoms with Gasteiger partial charge in [-0.15, -0.1) is 0 Å². The summed E-state index contributed by atoms with van der Waals surface area (Å²) in [6.45, 7) is 4.70. The van der Waals surface area contributed by atoms with E-state index >= 15 is 0 Å². The number of aliphatic carboxylic acids is 1. The number of allylic oxidation sites excluding steroid dienone is 18. The molecule has 0 aromatic carbocycles. The van der Waals surface area contributed by atoms with Gasteiger partial charge in [-0.2, -0.15) is 0 Å². The highest BCUT2D eigenvalue weighted by molar-refractivity contribution is 5.71. The summed E-state index contributed by atoms with van der Waals surface area (Å²) in [6.07, 6.45) is 71.7. The average molecular weight is 1020 g/mol. The molecule has 0 aliphatic rings. The largest absolute Gasteiger partial charge is 0.477 e. The molecule has 0 rings (SSSR count). The van der Waals surface area contributed by atoms with Gasteiger partial charge in [0.1, 0.15) is 13.2 Å². The minimum Gasteiger partial charge on any atom is -0.477 e. The summed E-state index contributed by atoms with van der Waals surface area (Å²) < 4.78 is 22.8. The van der Waals surface area contributed by atoms with Crippen LogP contribution in [-0.2, 0) is 33.3 Å². The highest BCUT2D eigenvalue weighted by Gasteiger charge is 2.25. The molecule has 9 heteroatoms. The molecule has 0 heterocycles. The van der Waals surface area contributed by atoms with Crippen LogP contribution in [0.25, 0.3) is 0 Å². The van der Waals surface area contributed by atoms with Gasteiger partial charge in [0.25, 0.3) is 6.29 Å². The van der Waals surface area contributed by atoms with Crippen LogP contribution in [0.1, 0.15) is 219 Å². The predicted molar refractivity (Wildman–Crippen MR) is 308 cm³/mol. The average Bonchev–Trinajstić information content (AvgIpc) is 3.36. The van der Waals surface area contributed by atoms with Crippen LogP contribution in [0.2, 0.25) is 0 Å². The molecule has 0 spiro atoms. The van der Waals surface area contributed by atoms with Gasteiger partial charge in [0, 0.05) is 12.8 Å². The molecule has 0 bridgehead atoms. The SMILES string of the molecule is CC/C=C\C/C=C\C/C=C\C/C=C\C/C=C\C/C=C\C/C=C\C/C=C\C/C=C\CCCC(=O)OC(COC(=O)CCCCCCCCCCCCCCCCCCCCC)COC(OCC[N+](C)(C)C)C(=O)O. The van der Waals surface area contributed by atoms with Crippen LogP contribution in [0, 0.1) is 0 Å². The van der Waals surface area contributed by atoms with Crippen LogP contribution in [0.5, 0.6) is 0 Å². The first-order valence-corrected chi connectivity index (χ1v) is 29.1. The normalized spacial score (nSPS) is 13.6. The molecule has 0 aliphatic heterocycles. The second-order valence-electron chi connectivity index (χ2n) is 20.2. The number of rotatable bonds is 52. The number of esters is 2. The van der Waals surface area contributed by atoms with Gasteiger partial charge >= 0.3 is 17.9 Å². The Morgan fingerprint density at radius 2 is 0.781 bits per heavy atom. The molecular formula is C64H108NO8+. The Kier molecular flexibility index (Phi) is 51.2. The molecule has 416 valence electrons. The highest BCUT2D eigenvalue weighted by Crippen LogP contribution is 2.16. The second kappa shape index (κ2) is 54.2. The molecule has 0 amide bonds. The van der Waals surface area contributed by atoms with Crippen molar-refractivity contribution in [3.63, 3.8) is 0 Å². The van der Waals surface area contributed by atoms with Crippen molar-refractivity contribution in [1.29, 1.82) is 0 Å². The molecule has 1 N–H and O–H groups in total. The third-order valence-electron chi connectivity index (χ3n) is 12.0. The topological polar surface area (TPSA) is 108 Å². The van der Waals surface area contributed by atoms with Crippen molar-refractivity contribution in [1.82, 2.24) is 0 Å². The molecule has 2 unspecified atom stereocenters. The van der Waals surface area contributed by atoms with Crippen molar-refractivity contribution >= 4 is 17.9 Å². The van der Waals surface area contributed by atoms with Gasteiger partial charge in [-0.3, -0.25) is 9.59 Å². The van der Waals surface area contributed by atoms with Gasteiger partial charge in [-0.05, 0) is 77.0 Å². The Morgan fingerprint density at radius 1 is 0.425 bits per heavy atom. The summed E-state index contributed by atoms with van der Waals surface area (Å²) in [6, 6.07) is 0. The Balaban J connectivity index is 4.39. The fourth-order valence-electron chi connectivity index (χ4n) is 7.60. The number of carbonyl (C=O) groups excluding carboxylic acids is 2. The van der Waals surface area contributed by atoms with Crippen LogP contribution in [0.3, 0.4) is 0 Å². The summed E-state index contributed by atoms with van der Waals surface area (Å²) in [7, 11) is 5.94. The molecule has 9 nitrogen and oxygen atoms in total. The molecule has 0 saturated heterocycles. The third kappa shape index (κ3) is 55.5. The number of nitrogens with zero attached hydrogens (tertiary/aromatic N) is 1. The van der Waals surface area contributed by atoms with Crippen LogP contribution in [0.15, 0.2) is 109 Å². The minimum atomic E-state index is -1.53. The molecule has 0 aliphatic carbocycles. The lowest BCUT2D eigenvalue weighted by molar-refractivity contribution is -0.870. The van der Waals surface area contributed by atoms with Crippen molar-refractivity contribution in [2.24, 2.45) is 0 Å². The Bertz CT molecular complexity index is 1560. The predicted octanol–water partition coefficient (Wildman–Crippen LogP) is 17.1. The monoisotopic (exact) mass is 1020 g/mol. The number of quaternary nitrogens is 1. The van der Waals surface area contributed by atoms with E-state index in [1.807, 2.05) is 21.1 Å². The summed E-state index contributed by atoms with van der Waals surface area (Å²) in [5.74, 6) is -2.09. The maximum Gasteiger partial charge on any atom is 0.361 e. The van der Waals surface area contributed by atoms with Crippen LogP contribution < -0.4 is 0 Å². The lowest BCUT2D eigenvalue weighted by atomic mass is 10.0. The number of carboxylic acid groups (broad SMARTS) is 1. The van der Waals surface area contributed by atoms with Crippen molar-refractivity contribution in [2.75, 3.05) is 47.5 Å². The minimum absolute atomic E-state index is 0.172. The second-order valence-corrected chi connectivity index (χ2v) is 20.2. The van der Waals surface area contributed by atoms with Gasteiger partial charge in [0.05, 0.1) is 34.4 Å². The number of hydrogen-bond acceptors (Lipinski definition) is 7. The van der Waals surface area contributed by atoms with Crippen molar-refractivity contribution in [2.45, 2.75) is 232 Å². The summed E-state index contributed by atoms with van der Waals surface area (Å²) in [4.78, 5) is 37.4. The third-order valence-corrected chi connectivity index (χ3v) is 12.0. The maximum absolute atomic E-state index is 12.8. The summed E-state index contributed by atoms with van der Waals surface area (Å²) in [5.41, 5.74) is 0. The lowest BCUT2D eigenvalue weighted by Crippen LogP contribution is -2.40. The Hall–Kier alpha value is -4.05. The summed E-state index contributed by atoms with van der Waals surface area (Å²) in [5, 5.41) is 9.70. The smallest absolute Gasteiger partial charge is 0.361 e.